The molecule has 0 spiro atoms. The highest BCUT2D eigenvalue weighted by Gasteiger charge is 2.60. The average molecular weight is 393 g/mol. The number of aromatic nitrogens is 2. The number of carbonyl (C=O) groups excluding carboxylic acids is 1. The van der Waals surface area contributed by atoms with Crippen molar-refractivity contribution in [2.75, 3.05) is 6.61 Å². The highest BCUT2D eigenvalue weighted by atomic mass is 19.4. The fraction of sp³-hybridized carbons (Fsp3) is 0.333. The number of nitro groups is 1. The second-order valence-electron chi connectivity index (χ2n) is 5.26. The third kappa shape index (κ3) is 4.20. The topological polar surface area (TPSA) is 87.3 Å². The molecular weight excluding hydrogens is 381 g/mol. The van der Waals surface area contributed by atoms with E-state index < -0.39 is 35.1 Å². The van der Waals surface area contributed by atoms with Gasteiger partial charge >= 0.3 is 18.1 Å². The Morgan fingerprint density at radius 2 is 1.81 bits per heavy atom. The molecule has 0 saturated carbocycles. The second kappa shape index (κ2) is 7.29. The molecule has 0 aliphatic heterocycles. The van der Waals surface area contributed by atoms with Crippen molar-refractivity contribution >= 4 is 11.7 Å². The summed E-state index contributed by atoms with van der Waals surface area (Å²) in [4.78, 5) is 21.6. The van der Waals surface area contributed by atoms with Crippen LogP contribution in [0.5, 0.6) is 0 Å². The van der Waals surface area contributed by atoms with Crippen LogP contribution in [0.15, 0.2) is 30.3 Å². The number of esters is 1. The Bertz CT molecular complexity index is 846. The van der Waals surface area contributed by atoms with E-state index in [1.807, 2.05) is 0 Å². The van der Waals surface area contributed by atoms with Gasteiger partial charge in [-0.15, -0.1) is 0 Å². The van der Waals surface area contributed by atoms with Gasteiger partial charge in [-0.1, -0.05) is 0 Å². The third-order valence-corrected chi connectivity index (χ3v) is 3.40. The van der Waals surface area contributed by atoms with Gasteiger partial charge in [-0.3, -0.25) is 14.9 Å². The molecule has 0 atom stereocenters. The van der Waals surface area contributed by atoms with Crippen LogP contribution >= 0.6 is 0 Å². The summed E-state index contributed by atoms with van der Waals surface area (Å²) in [5.74, 6) is -6.11. The lowest BCUT2D eigenvalue weighted by atomic mass is 10.2. The lowest BCUT2D eigenvalue weighted by Crippen LogP contribution is -2.34. The molecule has 0 saturated heterocycles. The SMILES string of the molecule is CCOC(=O)Cc1cc(C(F)(F)C(F)(F)F)nn1-c1ccc([N+](=O)[O-])cc1. The van der Waals surface area contributed by atoms with Gasteiger partial charge in [0.2, 0.25) is 0 Å². The summed E-state index contributed by atoms with van der Waals surface area (Å²) in [7, 11) is 0. The van der Waals surface area contributed by atoms with Crippen molar-refractivity contribution in [2.45, 2.75) is 25.4 Å². The number of nitrogens with zero attached hydrogens (tertiary/aromatic N) is 3. The molecule has 146 valence electrons. The summed E-state index contributed by atoms with van der Waals surface area (Å²) < 4.78 is 70.5. The van der Waals surface area contributed by atoms with Gasteiger partial charge in [-0.2, -0.15) is 27.1 Å². The number of nitro benzene ring substituents is 1. The van der Waals surface area contributed by atoms with Gasteiger partial charge in [0, 0.05) is 12.1 Å². The zero-order valence-electron chi connectivity index (χ0n) is 13.7. The lowest BCUT2D eigenvalue weighted by Gasteiger charge is -2.16. The van der Waals surface area contributed by atoms with Crippen LogP contribution in [0.1, 0.15) is 18.3 Å². The van der Waals surface area contributed by atoms with Crippen molar-refractivity contribution in [1.29, 1.82) is 0 Å². The summed E-state index contributed by atoms with van der Waals surface area (Å²) in [5.41, 5.74) is -2.25. The van der Waals surface area contributed by atoms with Crippen LogP contribution in [0, 0.1) is 10.1 Å². The Morgan fingerprint density at radius 3 is 2.30 bits per heavy atom. The summed E-state index contributed by atoms with van der Waals surface area (Å²) in [5, 5.41) is 14.0. The van der Waals surface area contributed by atoms with E-state index in [-0.39, 0.29) is 23.7 Å². The van der Waals surface area contributed by atoms with Crippen LogP contribution in [-0.4, -0.2) is 33.5 Å². The number of hydrogen-bond acceptors (Lipinski definition) is 5. The van der Waals surface area contributed by atoms with Gasteiger partial charge in [0.15, 0.2) is 0 Å². The first-order valence-corrected chi connectivity index (χ1v) is 7.41. The molecule has 0 bridgehead atoms. The van der Waals surface area contributed by atoms with E-state index in [0.29, 0.717) is 10.7 Å². The molecule has 12 heteroatoms. The second-order valence-corrected chi connectivity index (χ2v) is 5.26. The van der Waals surface area contributed by atoms with E-state index in [0.717, 1.165) is 24.3 Å². The molecule has 1 aromatic heterocycles. The van der Waals surface area contributed by atoms with Gasteiger partial charge in [0.1, 0.15) is 5.69 Å². The Labute approximate surface area is 148 Å². The molecule has 0 fully saturated rings. The maximum atomic E-state index is 13.6. The first-order chi connectivity index (χ1) is 12.5. The standard InChI is InChI=1S/C15H12F5N3O4/c1-2-27-13(24)8-11-7-12(14(16,17)15(18,19)20)21-22(11)9-3-5-10(6-4-9)23(25)26/h3-7H,2,8H2,1H3. The molecule has 0 aliphatic carbocycles. The van der Waals surface area contributed by atoms with E-state index in [1.165, 1.54) is 6.92 Å². The van der Waals surface area contributed by atoms with Gasteiger partial charge in [-0.05, 0) is 25.1 Å². The number of non-ortho nitro benzene ring substituents is 1. The zero-order chi connectivity index (χ0) is 20.4. The molecule has 0 N–H and O–H groups in total. The fourth-order valence-corrected chi connectivity index (χ4v) is 2.14. The number of hydrogen-bond donors (Lipinski definition) is 0. The molecule has 0 aliphatic rings. The van der Waals surface area contributed by atoms with E-state index in [1.54, 1.807) is 0 Å². The van der Waals surface area contributed by atoms with Gasteiger partial charge in [0.05, 0.1) is 29.3 Å². The predicted molar refractivity (Wildman–Crippen MR) is 80.5 cm³/mol. The van der Waals surface area contributed by atoms with E-state index in [2.05, 4.69) is 9.84 Å². The fourth-order valence-electron chi connectivity index (χ4n) is 2.14. The van der Waals surface area contributed by atoms with E-state index in [4.69, 9.17) is 0 Å². The van der Waals surface area contributed by atoms with Crippen molar-refractivity contribution in [1.82, 2.24) is 9.78 Å². The Hall–Kier alpha value is -3.05. The van der Waals surface area contributed by atoms with Crippen LogP contribution in [0.4, 0.5) is 27.6 Å². The number of benzene rings is 1. The molecule has 1 aromatic carbocycles. The molecular formula is C15H12F5N3O4. The summed E-state index contributed by atoms with van der Waals surface area (Å²) in [6, 6.07) is 4.70. The van der Waals surface area contributed by atoms with Gasteiger partial charge in [0.25, 0.3) is 5.69 Å². The summed E-state index contributed by atoms with van der Waals surface area (Å²) >= 11 is 0. The van der Waals surface area contributed by atoms with Crippen LogP contribution in [0.2, 0.25) is 0 Å². The smallest absolute Gasteiger partial charge is 0.459 e. The summed E-state index contributed by atoms with van der Waals surface area (Å²) in [6.07, 6.45) is -6.51. The average Bonchev–Trinajstić information content (AvgIpc) is 2.98. The quantitative estimate of drug-likeness (QED) is 0.324. The first kappa shape index (κ1) is 20.3. The molecule has 2 rings (SSSR count). The van der Waals surface area contributed by atoms with E-state index >= 15 is 0 Å². The Balaban J connectivity index is 2.53. The van der Waals surface area contributed by atoms with E-state index in [9.17, 15) is 36.9 Å². The van der Waals surface area contributed by atoms with Crippen molar-refractivity contribution < 1.29 is 36.4 Å². The minimum Gasteiger partial charge on any atom is -0.466 e. The minimum absolute atomic E-state index is 0.0178. The third-order valence-electron chi connectivity index (χ3n) is 3.40. The first-order valence-electron chi connectivity index (χ1n) is 7.41. The molecule has 0 unspecified atom stereocenters. The number of carbonyl (C=O) groups is 1. The Kier molecular flexibility index (Phi) is 5.47. The molecule has 27 heavy (non-hydrogen) atoms. The number of rotatable bonds is 6. The van der Waals surface area contributed by atoms with Crippen LogP contribution in [0.3, 0.4) is 0 Å². The van der Waals surface area contributed by atoms with Crippen LogP contribution in [-0.2, 0) is 21.9 Å². The molecule has 7 nitrogen and oxygen atoms in total. The van der Waals surface area contributed by atoms with Crippen molar-refractivity contribution in [3.63, 3.8) is 0 Å². The maximum absolute atomic E-state index is 13.6. The molecule has 1 heterocycles. The monoisotopic (exact) mass is 393 g/mol. The van der Waals surface area contributed by atoms with Crippen LogP contribution in [0.25, 0.3) is 5.69 Å². The highest BCUT2D eigenvalue weighted by Crippen LogP contribution is 2.43. The number of ether oxygens (including phenoxy) is 1. The van der Waals surface area contributed by atoms with Crippen molar-refractivity contribution in [2.24, 2.45) is 0 Å². The normalized spacial score (nSPS) is 12.1. The molecule has 0 radical (unpaired) electrons. The number of alkyl halides is 5. The molecule has 2 aromatic rings. The van der Waals surface area contributed by atoms with Crippen molar-refractivity contribution in [3.05, 3.63) is 51.8 Å². The van der Waals surface area contributed by atoms with Crippen molar-refractivity contribution in [3.8, 4) is 5.69 Å². The largest absolute Gasteiger partial charge is 0.466 e. The minimum atomic E-state index is -5.89. The predicted octanol–water partition coefficient (Wildman–Crippen LogP) is 3.54. The lowest BCUT2D eigenvalue weighted by molar-refractivity contribution is -0.384. The summed E-state index contributed by atoms with van der Waals surface area (Å²) in [6.45, 7) is 1.48. The van der Waals surface area contributed by atoms with Gasteiger partial charge < -0.3 is 4.74 Å². The number of halogens is 5. The van der Waals surface area contributed by atoms with Gasteiger partial charge in [-0.25, -0.2) is 4.68 Å². The zero-order valence-corrected chi connectivity index (χ0v) is 13.7. The molecule has 0 amide bonds. The maximum Gasteiger partial charge on any atom is 0.459 e. The highest BCUT2D eigenvalue weighted by molar-refractivity contribution is 5.72. The van der Waals surface area contributed by atoms with Crippen LogP contribution < -0.4 is 0 Å². The Morgan fingerprint density at radius 1 is 1.22 bits per heavy atom.